The van der Waals surface area contributed by atoms with Crippen LogP contribution < -0.4 is 9.84 Å². The molecule has 0 aliphatic carbocycles. The fourth-order valence-electron chi connectivity index (χ4n) is 3.30. The molecule has 1 aromatic heterocycles. The molecule has 3 N–H and O–H groups in total. The Morgan fingerprint density at radius 1 is 1.03 bits per heavy atom. The maximum absolute atomic E-state index is 13.3. The standard InChI is InChI=1S/C25H39N2O9PSi2/c1-19-10-8-11-20(23(19)36-37(30,31)32)25(33-14-16-38(2,3)4,34-15-17-39(5,6)7)35-24(29)27-21-12-9-13-26-22(21)18-28/h8-13,18H,14-17H2,1-7H3,(H,27,29)(H2,30,31,32). The van der Waals surface area contributed by atoms with Crippen molar-refractivity contribution < 1.29 is 42.7 Å². The highest BCUT2D eigenvalue weighted by atomic mass is 31.2. The molecule has 1 amide bonds. The van der Waals surface area contributed by atoms with Crippen molar-refractivity contribution in [3.63, 3.8) is 0 Å². The molecule has 0 unspecified atom stereocenters. The molecule has 216 valence electrons. The van der Waals surface area contributed by atoms with E-state index < -0.39 is 36.0 Å². The van der Waals surface area contributed by atoms with Crippen LogP contribution in [0.2, 0.25) is 51.4 Å². The SMILES string of the molecule is Cc1cccc(C(OCC[Si](C)(C)C)(OCC[Si](C)(C)C)OC(=O)Nc2cccnc2C=O)c1OP(=O)(O)O. The molecule has 0 spiro atoms. The van der Waals surface area contributed by atoms with E-state index >= 15 is 0 Å². The summed E-state index contributed by atoms with van der Waals surface area (Å²) in [6.45, 7) is 14.7. The first-order valence-electron chi connectivity index (χ1n) is 12.5. The molecule has 0 bridgehead atoms. The zero-order valence-electron chi connectivity index (χ0n) is 23.5. The fourth-order valence-corrected chi connectivity index (χ4v) is 5.21. The van der Waals surface area contributed by atoms with Crippen molar-refractivity contribution in [2.24, 2.45) is 0 Å². The third kappa shape index (κ3) is 11.0. The Morgan fingerprint density at radius 2 is 1.62 bits per heavy atom. The largest absolute Gasteiger partial charge is 0.524 e. The number of para-hydroxylation sites is 1. The third-order valence-corrected chi connectivity index (χ3v) is 9.28. The number of nitrogens with zero attached hydrogens (tertiary/aromatic N) is 1. The second-order valence-corrected chi connectivity index (χ2v) is 23.9. The van der Waals surface area contributed by atoms with Crippen LogP contribution in [0.4, 0.5) is 10.5 Å². The van der Waals surface area contributed by atoms with Gasteiger partial charge in [0, 0.05) is 22.3 Å². The van der Waals surface area contributed by atoms with Gasteiger partial charge in [-0.1, -0.05) is 51.4 Å². The number of carbonyl (C=O) groups excluding carboxylic acids is 2. The summed E-state index contributed by atoms with van der Waals surface area (Å²) >= 11 is 0. The molecule has 0 radical (unpaired) electrons. The van der Waals surface area contributed by atoms with Crippen molar-refractivity contribution in [2.75, 3.05) is 18.5 Å². The summed E-state index contributed by atoms with van der Waals surface area (Å²) < 4.78 is 35.2. The summed E-state index contributed by atoms with van der Waals surface area (Å²) in [5, 5.41) is 2.49. The van der Waals surface area contributed by atoms with Gasteiger partial charge in [0.15, 0.2) is 6.29 Å². The second-order valence-electron chi connectivity index (χ2n) is 11.5. The number of carbonyl (C=O) groups is 2. The lowest BCUT2D eigenvalue weighted by atomic mass is 10.1. The topological polar surface area (TPSA) is 154 Å². The van der Waals surface area contributed by atoms with E-state index in [0.29, 0.717) is 23.9 Å². The molecule has 14 heteroatoms. The van der Waals surface area contributed by atoms with Gasteiger partial charge in [0.2, 0.25) is 0 Å². The minimum absolute atomic E-state index is 0.0135. The summed E-state index contributed by atoms with van der Waals surface area (Å²) in [6, 6.07) is 9.04. The maximum Gasteiger partial charge on any atom is 0.524 e. The molecule has 1 heterocycles. The summed E-state index contributed by atoms with van der Waals surface area (Å²) in [4.78, 5) is 47.9. The Morgan fingerprint density at radius 3 is 2.13 bits per heavy atom. The minimum Gasteiger partial charge on any atom is -0.403 e. The van der Waals surface area contributed by atoms with Gasteiger partial charge in [-0.15, -0.1) is 0 Å². The maximum atomic E-state index is 13.3. The van der Waals surface area contributed by atoms with E-state index in [-0.39, 0.29) is 35.9 Å². The van der Waals surface area contributed by atoms with E-state index in [4.69, 9.17) is 18.7 Å². The number of amides is 1. The van der Waals surface area contributed by atoms with Crippen LogP contribution in [0.1, 0.15) is 21.6 Å². The first-order valence-corrected chi connectivity index (χ1v) is 21.4. The van der Waals surface area contributed by atoms with Gasteiger partial charge in [0.1, 0.15) is 11.4 Å². The molecule has 0 saturated heterocycles. The van der Waals surface area contributed by atoms with Crippen LogP contribution >= 0.6 is 7.82 Å². The van der Waals surface area contributed by atoms with Crippen molar-refractivity contribution in [1.29, 1.82) is 0 Å². The fraction of sp³-hybridized carbons (Fsp3) is 0.480. The van der Waals surface area contributed by atoms with Crippen LogP contribution in [0.3, 0.4) is 0 Å². The van der Waals surface area contributed by atoms with Gasteiger partial charge >= 0.3 is 19.9 Å². The smallest absolute Gasteiger partial charge is 0.403 e. The lowest BCUT2D eigenvalue weighted by Gasteiger charge is -2.35. The third-order valence-electron chi connectivity index (χ3n) is 5.45. The number of hydrogen-bond donors (Lipinski definition) is 3. The molecule has 1 aromatic carbocycles. The number of aldehydes is 1. The van der Waals surface area contributed by atoms with Gasteiger partial charge in [-0.3, -0.25) is 24.9 Å². The zero-order valence-corrected chi connectivity index (χ0v) is 26.4. The lowest BCUT2D eigenvalue weighted by molar-refractivity contribution is -0.364. The Balaban J connectivity index is 2.63. The van der Waals surface area contributed by atoms with Crippen LogP contribution in [-0.4, -0.2) is 56.5 Å². The number of anilines is 1. The van der Waals surface area contributed by atoms with Crippen molar-refractivity contribution in [3.05, 3.63) is 53.3 Å². The molecular formula is C25H39N2O9PSi2. The van der Waals surface area contributed by atoms with Crippen LogP contribution in [0, 0.1) is 6.92 Å². The number of aromatic nitrogens is 1. The predicted octanol–water partition coefficient (Wildman–Crippen LogP) is 5.74. The molecule has 0 aliphatic rings. The average Bonchev–Trinajstić information content (AvgIpc) is 2.78. The normalized spacial score (nSPS) is 12.6. The van der Waals surface area contributed by atoms with E-state index in [9.17, 15) is 23.9 Å². The van der Waals surface area contributed by atoms with Gasteiger partial charge in [-0.05, 0) is 42.8 Å². The predicted molar refractivity (Wildman–Crippen MR) is 153 cm³/mol. The highest BCUT2D eigenvalue weighted by Crippen LogP contribution is 2.46. The number of rotatable bonds is 14. The second kappa shape index (κ2) is 13.3. The van der Waals surface area contributed by atoms with Gasteiger partial charge in [-0.2, -0.15) is 0 Å². The molecule has 11 nitrogen and oxygen atoms in total. The van der Waals surface area contributed by atoms with Gasteiger partial charge < -0.3 is 18.7 Å². The number of benzene rings is 1. The zero-order chi connectivity index (χ0) is 29.5. The van der Waals surface area contributed by atoms with Gasteiger partial charge in [0.05, 0.1) is 24.5 Å². The number of aryl methyl sites for hydroxylation is 1. The Bertz CT molecular complexity index is 1170. The van der Waals surface area contributed by atoms with Crippen molar-refractivity contribution in [1.82, 2.24) is 4.98 Å². The van der Waals surface area contributed by atoms with Gasteiger partial charge in [0.25, 0.3) is 0 Å². The highest BCUT2D eigenvalue weighted by Gasteiger charge is 2.44. The van der Waals surface area contributed by atoms with E-state index in [1.54, 1.807) is 19.1 Å². The molecule has 2 aromatic rings. The molecule has 0 atom stereocenters. The Hall–Kier alpha value is -2.39. The molecule has 0 fully saturated rings. The van der Waals surface area contributed by atoms with Crippen LogP contribution in [0.15, 0.2) is 36.5 Å². The summed E-state index contributed by atoms with van der Waals surface area (Å²) in [5.41, 5.74) is 0.434. The lowest BCUT2D eigenvalue weighted by Crippen LogP contribution is -2.42. The van der Waals surface area contributed by atoms with Crippen molar-refractivity contribution >= 4 is 42.0 Å². The summed E-state index contributed by atoms with van der Waals surface area (Å²) in [5.74, 6) is -2.45. The molecule has 0 saturated carbocycles. The van der Waals surface area contributed by atoms with Gasteiger partial charge in [-0.25, -0.2) is 9.36 Å². The summed E-state index contributed by atoms with van der Waals surface area (Å²) in [6.07, 6.45) is 0.863. The Labute approximate surface area is 231 Å². The number of pyridine rings is 1. The van der Waals surface area contributed by atoms with E-state index in [0.717, 1.165) is 0 Å². The van der Waals surface area contributed by atoms with E-state index in [1.807, 2.05) is 0 Å². The van der Waals surface area contributed by atoms with Crippen LogP contribution in [0.25, 0.3) is 0 Å². The van der Waals surface area contributed by atoms with Crippen molar-refractivity contribution in [3.8, 4) is 5.75 Å². The molecule has 2 rings (SSSR count). The molecule has 39 heavy (non-hydrogen) atoms. The number of phosphoric ester groups is 1. The van der Waals surface area contributed by atoms with Crippen molar-refractivity contribution in [2.45, 2.75) is 64.3 Å². The van der Waals surface area contributed by atoms with Crippen LogP contribution in [0.5, 0.6) is 5.75 Å². The number of hydrogen-bond acceptors (Lipinski definition) is 8. The number of ether oxygens (including phenoxy) is 3. The Kier molecular flexibility index (Phi) is 11.2. The first-order chi connectivity index (χ1) is 17.9. The van der Waals surface area contributed by atoms with E-state index in [1.165, 1.54) is 24.4 Å². The highest BCUT2D eigenvalue weighted by molar-refractivity contribution is 7.46. The number of phosphoric acid groups is 1. The summed E-state index contributed by atoms with van der Waals surface area (Å²) in [7, 11) is -8.27. The van der Waals surface area contributed by atoms with Crippen LogP contribution in [-0.2, 0) is 24.7 Å². The number of nitrogens with one attached hydrogen (secondary N) is 1. The van der Waals surface area contributed by atoms with E-state index in [2.05, 4.69) is 49.6 Å². The quantitative estimate of drug-likeness (QED) is 0.106. The molecule has 0 aliphatic heterocycles. The monoisotopic (exact) mass is 598 g/mol. The first kappa shape index (κ1) is 32.8. The molecular weight excluding hydrogens is 559 g/mol. The minimum atomic E-state index is -5.02. The average molecular weight is 599 g/mol.